The molecule has 0 heterocycles. The van der Waals surface area contributed by atoms with E-state index in [1.807, 2.05) is 12.1 Å². The van der Waals surface area contributed by atoms with E-state index in [0.717, 1.165) is 11.4 Å². The van der Waals surface area contributed by atoms with Gasteiger partial charge >= 0.3 is 0 Å². The Balaban J connectivity index is 2.40. The first-order valence-electron chi connectivity index (χ1n) is 5.23. The summed E-state index contributed by atoms with van der Waals surface area (Å²) in [7, 11) is 0. The van der Waals surface area contributed by atoms with Crippen LogP contribution in [0, 0.1) is 5.41 Å². The van der Waals surface area contributed by atoms with Gasteiger partial charge in [0, 0.05) is 11.6 Å². The van der Waals surface area contributed by atoms with Gasteiger partial charge in [0.05, 0.1) is 0 Å². The van der Waals surface area contributed by atoms with Gasteiger partial charge < -0.3 is 5.73 Å². The molecular formula is C13H16ClN. The first kappa shape index (κ1) is 10.7. The summed E-state index contributed by atoms with van der Waals surface area (Å²) in [4.78, 5) is 0. The fourth-order valence-electron chi connectivity index (χ4n) is 1.89. The molecule has 0 bridgehead atoms. The second kappa shape index (κ2) is 3.66. The molecule has 2 N–H and O–H groups in total. The zero-order valence-corrected chi connectivity index (χ0v) is 9.93. The van der Waals surface area contributed by atoms with Crippen LogP contribution in [0.2, 0.25) is 5.02 Å². The van der Waals surface area contributed by atoms with Crippen LogP contribution in [0.25, 0.3) is 6.08 Å². The van der Waals surface area contributed by atoms with Gasteiger partial charge in [-0.15, -0.1) is 0 Å². The third-order valence-electron chi connectivity index (χ3n) is 3.22. The van der Waals surface area contributed by atoms with E-state index in [2.05, 4.69) is 26.0 Å². The first-order valence-corrected chi connectivity index (χ1v) is 5.61. The largest absolute Gasteiger partial charge is 0.330 e. The van der Waals surface area contributed by atoms with Gasteiger partial charge in [-0.1, -0.05) is 49.2 Å². The van der Waals surface area contributed by atoms with Crippen molar-refractivity contribution in [1.82, 2.24) is 0 Å². The van der Waals surface area contributed by atoms with Crippen molar-refractivity contribution >= 4 is 17.7 Å². The van der Waals surface area contributed by atoms with Crippen molar-refractivity contribution < 1.29 is 0 Å². The van der Waals surface area contributed by atoms with E-state index in [4.69, 9.17) is 17.3 Å². The molecule has 0 fully saturated rings. The molecule has 0 aromatic heterocycles. The minimum Gasteiger partial charge on any atom is -0.330 e. The minimum atomic E-state index is 0.0718. The van der Waals surface area contributed by atoms with Gasteiger partial charge in [0.2, 0.25) is 0 Å². The van der Waals surface area contributed by atoms with Crippen LogP contribution in [0.1, 0.15) is 25.0 Å². The maximum atomic E-state index is 6.15. The van der Waals surface area contributed by atoms with E-state index in [1.54, 1.807) is 0 Å². The molecule has 0 atom stereocenters. The lowest BCUT2D eigenvalue weighted by molar-refractivity contribution is 0.456. The van der Waals surface area contributed by atoms with E-state index in [-0.39, 0.29) is 5.41 Å². The third kappa shape index (κ3) is 1.82. The predicted octanol–water partition coefficient (Wildman–Crippen LogP) is 3.26. The van der Waals surface area contributed by atoms with Crippen molar-refractivity contribution in [2.45, 2.75) is 20.3 Å². The second-order valence-electron chi connectivity index (χ2n) is 4.75. The van der Waals surface area contributed by atoms with Crippen LogP contribution >= 0.6 is 11.6 Å². The summed E-state index contributed by atoms with van der Waals surface area (Å²) in [6, 6.07) is 6.08. The average Bonchev–Trinajstić information content (AvgIpc) is 2.64. The Kier molecular flexibility index (Phi) is 2.61. The standard InChI is InChI=1S/C13H16ClN/c1-13(2,8-15)10-6-9-4-3-5-12(14)11(9)7-10/h3-5,7H,6,8,15H2,1-2H3. The monoisotopic (exact) mass is 221 g/mol. The Morgan fingerprint density at radius 1 is 1.40 bits per heavy atom. The van der Waals surface area contributed by atoms with Crippen LogP contribution in [-0.4, -0.2) is 6.54 Å². The molecule has 0 radical (unpaired) electrons. The Morgan fingerprint density at radius 3 is 2.73 bits per heavy atom. The summed E-state index contributed by atoms with van der Waals surface area (Å²) in [6.07, 6.45) is 3.19. The van der Waals surface area contributed by atoms with Crippen molar-refractivity contribution in [3.05, 3.63) is 39.9 Å². The number of benzene rings is 1. The van der Waals surface area contributed by atoms with Crippen molar-refractivity contribution in [3.8, 4) is 0 Å². The highest BCUT2D eigenvalue weighted by atomic mass is 35.5. The molecule has 0 spiro atoms. The van der Waals surface area contributed by atoms with Crippen molar-refractivity contribution in [1.29, 1.82) is 0 Å². The average molecular weight is 222 g/mol. The molecule has 80 valence electrons. The molecule has 1 aliphatic rings. The van der Waals surface area contributed by atoms with Crippen molar-refractivity contribution in [3.63, 3.8) is 0 Å². The molecule has 1 aromatic carbocycles. The van der Waals surface area contributed by atoms with Crippen molar-refractivity contribution in [2.75, 3.05) is 6.54 Å². The Labute approximate surface area is 95.9 Å². The van der Waals surface area contributed by atoms with Crippen LogP contribution in [0.4, 0.5) is 0 Å². The molecule has 0 aliphatic heterocycles. The van der Waals surface area contributed by atoms with Gasteiger partial charge in [-0.05, 0) is 29.0 Å². The van der Waals surface area contributed by atoms with Crippen LogP contribution in [-0.2, 0) is 6.42 Å². The molecule has 0 saturated carbocycles. The summed E-state index contributed by atoms with van der Waals surface area (Å²) >= 11 is 6.15. The molecule has 0 amide bonds. The molecule has 2 heteroatoms. The summed E-state index contributed by atoms with van der Waals surface area (Å²) in [6.45, 7) is 5.03. The van der Waals surface area contributed by atoms with Crippen LogP contribution in [0.5, 0.6) is 0 Å². The molecule has 0 unspecified atom stereocenters. The summed E-state index contributed by atoms with van der Waals surface area (Å²) < 4.78 is 0. The fraction of sp³-hybridized carbons (Fsp3) is 0.385. The molecule has 1 nitrogen and oxygen atoms in total. The number of hydrogen-bond acceptors (Lipinski definition) is 1. The molecular weight excluding hydrogens is 206 g/mol. The number of nitrogens with two attached hydrogens (primary N) is 1. The Bertz CT molecular complexity index is 419. The van der Waals surface area contributed by atoms with E-state index in [0.29, 0.717) is 6.54 Å². The Morgan fingerprint density at radius 2 is 2.13 bits per heavy atom. The van der Waals surface area contributed by atoms with Crippen LogP contribution in [0.3, 0.4) is 0 Å². The third-order valence-corrected chi connectivity index (χ3v) is 3.55. The first-order chi connectivity index (χ1) is 7.04. The lowest BCUT2D eigenvalue weighted by Crippen LogP contribution is -2.25. The number of rotatable bonds is 2. The zero-order chi connectivity index (χ0) is 11.1. The fourth-order valence-corrected chi connectivity index (χ4v) is 2.14. The minimum absolute atomic E-state index is 0.0718. The van der Waals surface area contributed by atoms with Gasteiger partial charge in [0.1, 0.15) is 0 Å². The normalized spacial score (nSPS) is 15.1. The smallest absolute Gasteiger partial charge is 0.0481 e. The lowest BCUT2D eigenvalue weighted by Gasteiger charge is -2.24. The van der Waals surface area contributed by atoms with Gasteiger partial charge in [0.15, 0.2) is 0 Å². The maximum Gasteiger partial charge on any atom is 0.0481 e. The second-order valence-corrected chi connectivity index (χ2v) is 5.15. The maximum absolute atomic E-state index is 6.15. The van der Waals surface area contributed by atoms with Crippen molar-refractivity contribution in [2.24, 2.45) is 11.1 Å². The van der Waals surface area contributed by atoms with Crippen LogP contribution < -0.4 is 5.73 Å². The highest BCUT2D eigenvalue weighted by Crippen LogP contribution is 2.38. The molecule has 2 rings (SSSR count). The molecule has 0 saturated heterocycles. The number of fused-ring (bicyclic) bond motifs is 1. The highest BCUT2D eigenvalue weighted by molar-refractivity contribution is 6.32. The highest BCUT2D eigenvalue weighted by Gasteiger charge is 2.26. The lowest BCUT2D eigenvalue weighted by atomic mass is 9.83. The van der Waals surface area contributed by atoms with Gasteiger partial charge in [0.25, 0.3) is 0 Å². The van der Waals surface area contributed by atoms with E-state index < -0.39 is 0 Å². The Hall–Kier alpha value is -0.790. The zero-order valence-electron chi connectivity index (χ0n) is 9.18. The molecule has 1 aromatic rings. The number of hydrogen-bond donors (Lipinski definition) is 1. The molecule has 15 heavy (non-hydrogen) atoms. The van der Waals surface area contributed by atoms with E-state index >= 15 is 0 Å². The van der Waals surface area contributed by atoms with Gasteiger partial charge in [-0.2, -0.15) is 0 Å². The van der Waals surface area contributed by atoms with E-state index in [9.17, 15) is 0 Å². The number of halogens is 1. The topological polar surface area (TPSA) is 26.0 Å². The predicted molar refractivity (Wildman–Crippen MR) is 66.0 cm³/mol. The summed E-state index contributed by atoms with van der Waals surface area (Å²) in [5.41, 5.74) is 9.73. The summed E-state index contributed by atoms with van der Waals surface area (Å²) in [5, 5.41) is 0.843. The quantitative estimate of drug-likeness (QED) is 0.815. The van der Waals surface area contributed by atoms with E-state index in [1.165, 1.54) is 16.7 Å². The van der Waals surface area contributed by atoms with Crippen LogP contribution in [0.15, 0.2) is 23.8 Å². The summed E-state index contributed by atoms with van der Waals surface area (Å²) in [5.74, 6) is 0. The SMILES string of the molecule is CC(C)(CN)C1=Cc2c(Cl)cccc2C1. The van der Waals surface area contributed by atoms with Gasteiger partial charge in [-0.3, -0.25) is 0 Å². The molecule has 1 aliphatic carbocycles. The van der Waals surface area contributed by atoms with Gasteiger partial charge in [-0.25, -0.2) is 0 Å².